The number of carbonyl (C=O) groups is 2. The van der Waals surface area contributed by atoms with Crippen LogP contribution in [0.25, 0.3) is 0 Å². The molecule has 0 bridgehead atoms. The Morgan fingerprint density at radius 2 is 2.07 bits per heavy atom. The molecule has 2 unspecified atom stereocenters. The van der Waals surface area contributed by atoms with Crippen molar-refractivity contribution in [3.8, 4) is 0 Å². The Hall–Kier alpha value is -2.52. The van der Waals surface area contributed by atoms with E-state index in [0.29, 0.717) is 25.2 Å². The first-order valence-electron chi connectivity index (χ1n) is 9.96. The number of carboxylic acids is 1. The van der Waals surface area contributed by atoms with Crippen LogP contribution in [0.15, 0.2) is 42.1 Å². The number of halogens is 1. The number of nitrogens with zero attached hydrogens (tertiary/aromatic N) is 4. The zero-order valence-electron chi connectivity index (χ0n) is 16.3. The predicted molar refractivity (Wildman–Crippen MR) is 111 cm³/mol. The quantitative estimate of drug-likeness (QED) is 0.519. The summed E-state index contributed by atoms with van der Waals surface area (Å²) in [6.07, 6.45) is 5.77. The molecule has 1 aromatic heterocycles. The molecule has 1 aromatic carbocycles. The third-order valence-corrected chi connectivity index (χ3v) is 6.21. The van der Waals surface area contributed by atoms with Gasteiger partial charge in [0.2, 0.25) is 0 Å². The molecular weight excluding hydrogens is 407 g/mol. The first-order chi connectivity index (χ1) is 14.4. The predicted octanol–water partition coefficient (Wildman–Crippen LogP) is 2.77. The summed E-state index contributed by atoms with van der Waals surface area (Å²) in [6, 6.07) is 5.88. The first-order valence-corrected chi connectivity index (χ1v) is 10.5. The molecule has 158 valence electrons. The Kier molecular flexibility index (Phi) is 6.01. The molecule has 1 aliphatic carbocycles. The molecular formula is C21H23FN4O3S. The molecule has 1 N–H and O–H groups in total. The highest BCUT2D eigenvalue weighted by atomic mass is 32.1. The number of ketones is 1. The van der Waals surface area contributed by atoms with Crippen molar-refractivity contribution in [1.29, 1.82) is 0 Å². The molecule has 0 amide bonds. The molecule has 0 spiro atoms. The van der Waals surface area contributed by atoms with E-state index in [-0.39, 0.29) is 28.5 Å². The minimum atomic E-state index is -1.13. The number of thiol groups is 1. The highest BCUT2D eigenvalue weighted by molar-refractivity contribution is 7.81. The van der Waals surface area contributed by atoms with Gasteiger partial charge in [0.15, 0.2) is 11.5 Å². The number of carboxylic acid groups (broad SMARTS) is 1. The maximum Gasteiger partial charge on any atom is 0.358 e. The van der Waals surface area contributed by atoms with Gasteiger partial charge in [-0.2, -0.15) is 12.6 Å². The average Bonchev–Trinajstić information content (AvgIpc) is 3.47. The third kappa shape index (κ3) is 4.46. The van der Waals surface area contributed by atoms with E-state index in [1.54, 1.807) is 18.2 Å². The van der Waals surface area contributed by atoms with Crippen LogP contribution in [0.5, 0.6) is 0 Å². The van der Waals surface area contributed by atoms with E-state index in [4.69, 9.17) is 5.11 Å². The number of hydrogen-bond donors (Lipinski definition) is 2. The number of allylic oxidation sites excluding steroid dienone is 1. The zero-order chi connectivity index (χ0) is 21.3. The van der Waals surface area contributed by atoms with E-state index in [1.807, 2.05) is 11.0 Å². The molecule has 0 radical (unpaired) electrons. The SMILES string of the molecule is O=C(O)c1cn(C/C=C2\CN(C(C(=O)C3CC3)c3ccccc3F)CCC2S)nn1. The lowest BCUT2D eigenvalue weighted by molar-refractivity contribution is -0.126. The van der Waals surface area contributed by atoms with Crippen molar-refractivity contribution in [1.82, 2.24) is 19.9 Å². The minimum Gasteiger partial charge on any atom is -0.476 e. The largest absolute Gasteiger partial charge is 0.476 e. The standard InChI is InChI=1S/C21H23FN4O3S/c22-16-4-2-1-3-15(16)19(20(27)13-5-6-13)25-9-8-18(30)14(11-25)7-10-26-12-17(21(28)29)23-24-26/h1-4,7,12-13,18-19,30H,5-6,8-11H2,(H,28,29)/b14-7+. The van der Waals surface area contributed by atoms with Gasteiger partial charge in [-0.3, -0.25) is 9.69 Å². The lowest BCUT2D eigenvalue weighted by Crippen LogP contribution is -2.42. The van der Waals surface area contributed by atoms with Crippen LogP contribution >= 0.6 is 12.6 Å². The Labute approximate surface area is 179 Å². The molecule has 1 aliphatic heterocycles. The number of rotatable bonds is 7. The maximum atomic E-state index is 14.6. The number of piperidine rings is 1. The third-order valence-electron chi connectivity index (χ3n) is 5.62. The van der Waals surface area contributed by atoms with E-state index >= 15 is 0 Å². The lowest BCUT2D eigenvalue weighted by atomic mass is 9.93. The van der Waals surface area contributed by atoms with Crippen LogP contribution in [0.2, 0.25) is 0 Å². The van der Waals surface area contributed by atoms with Crippen molar-refractivity contribution in [3.05, 3.63) is 59.2 Å². The van der Waals surface area contributed by atoms with E-state index in [1.165, 1.54) is 16.9 Å². The average molecular weight is 431 g/mol. The summed E-state index contributed by atoms with van der Waals surface area (Å²) in [5.41, 5.74) is 1.31. The van der Waals surface area contributed by atoms with Gasteiger partial charge in [-0.05, 0) is 30.9 Å². The molecule has 9 heteroatoms. The van der Waals surface area contributed by atoms with Crippen molar-refractivity contribution in [2.75, 3.05) is 13.1 Å². The summed E-state index contributed by atoms with van der Waals surface area (Å²) in [4.78, 5) is 26.1. The molecule has 30 heavy (non-hydrogen) atoms. The van der Waals surface area contributed by atoms with Crippen LogP contribution in [-0.4, -0.2) is 55.1 Å². The highest BCUT2D eigenvalue weighted by Gasteiger charge is 2.40. The molecule has 1 saturated carbocycles. The molecule has 1 saturated heterocycles. The van der Waals surface area contributed by atoms with Crippen LogP contribution in [0.4, 0.5) is 4.39 Å². The Bertz CT molecular complexity index is 988. The first kappa shape index (κ1) is 20.7. The van der Waals surface area contributed by atoms with Gasteiger partial charge in [-0.1, -0.05) is 29.5 Å². The summed E-state index contributed by atoms with van der Waals surface area (Å²) < 4.78 is 16.0. The number of aromatic nitrogens is 3. The van der Waals surface area contributed by atoms with Gasteiger partial charge in [-0.15, -0.1) is 5.10 Å². The smallest absolute Gasteiger partial charge is 0.358 e. The number of carbonyl (C=O) groups excluding carboxylic acids is 1. The van der Waals surface area contributed by atoms with Crippen LogP contribution in [-0.2, 0) is 11.3 Å². The summed E-state index contributed by atoms with van der Waals surface area (Å²) in [5, 5.41) is 16.4. The van der Waals surface area contributed by atoms with Crippen molar-refractivity contribution < 1.29 is 19.1 Å². The second kappa shape index (κ2) is 8.69. The fraction of sp³-hybridized carbons (Fsp3) is 0.429. The molecule has 2 fully saturated rings. The van der Waals surface area contributed by atoms with Crippen LogP contribution in [0.1, 0.15) is 41.4 Å². The van der Waals surface area contributed by atoms with Gasteiger partial charge in [0.1, 0.15) is 5.82 Å². The van der Waals surface area contributed by atoms with Crippen molar-refractivity contribution in [3.63, 3.8) is 0 Å². The number of aromatic carboxylic acids is 1. The lowest BCUT2D eigenvalue weighted by Gasteiger charge is -2.37. The van der Waals surface area contributed by atoms with E-state index in [9.17, 15) is 14.0 Å². The van der Waals surface area contributed by atoms with Gasteiger partial charge < -0.3 is 5.11 Å². The summed E-state index contributed by atoms with van der Waals surface area (Å²) >= 11 is 4.67. The van der Waals surface area contributed by atoms with Gasteiger partial charge in [0.05, 0.1) is 18.8 Å². The van der Waals surface area contributed by atoms with Crippen LogP contribution < -0.4 is 0 Å². The molecule has 7 nitrogen and oxygen atoms in total. The molecule has 2 aromatic rings. The van der Waals surface area contributed by atoms with Gasteiger partial charge in [0.25, 0.3) is 0 Å². The van der Waals surface area contributed by atoms with E-state index < -0.39 is 12.0 Å². The second-order valence-electron chi connectivity index (χ2n) is 7.79. The fourth-order valence-electron chi connectivity index (χ4n) is 3.83. The van der Waals surface area contributed by atoms with Gasteiger partial charge in [0, 0.05) is 29.8 Å². The molecule has 4 rings (SSSR count). The summed E-state index contributed by atoms with van der Waals surface area (Å²) in [6.45, 7) is 1.49. The topological polar surface area (TPSA) is 88.3 Å². The normalized spacial score (nSPS) is 22.2. The van der Waals surface area contributed by atoms with Crippen molar-refractivity contribution in [2.45, 2.75) is 37.1 Å². The maximum absolute atomic E-state index is 14.6. The van der Waals surface area contributed by atoms with Gasteiger partial charge >= 0.3 is 5.97 Å². The number of Topliss-reactive ketones (excluding diaryl/α,β-unsaturated/α-hetero) is 1. The number of hydrogen-bond acceptors (Lipinski definition) is 6. The summed E-state index contributed by atoms with van der Waals surface area (Å²) in [7, 11) is 0. The Balaban J connectivity index is 1.55. The molecule has 2 heterocycles. The molecule has 2 aliphatic rings. The van der Waals surface area contributed by atoms with Crippen LogP contribution in [0.3, 0.4) is 0 Å². The summed E-state index contributed by atoms with van der Waals surface area (Å²) in [5.74, 6) is -1.39. The zero-order valence-corrected chi connectivity index (χ0v) is 17.2. The van der Waals surface area contributed by atoms with E-state index in [2.05, 4.69) is 22.9 Å². The van der Waals surface area contributed by atoms with Gasteiger partial charge in [-0.25, -0.2) is 13.9 Å². The van der Waals surface area contributed by atoms with Crippen LogP contribution in [0, 0.1) is 11.7 Å². The number of likely N-dealkylation sites (tertiary alicyclic amines) is 1. The second-order valence-corrected chi connectivity index (χ2v) is 8.41. The Morgan fingerprint density at radius 3 is 2.73 bits per heavy atom. The Morgan fingerprint density at radius 1 is 1.30 bits per heavy atom. The monoisotopic (exact) mass is 430 g/mol. The molecule has 2 atom stereocenters. The fourth-order valence-corrected chi connectivity index (χ4v) is 4.13. The minimum absolute atomic E-state index is 0.0142. The van der Waals surface area contributed by atoms with Crippen molar-refractivity contribution in [2.24, 2.45) is 5.92 Å². The number of benzene rings is 1. The van der Waals surface area contributed by atoms with Crippen molar-refractivity contribution >= 4 is 24.4 Å². The highest BCUT2D eigenvalue weighted by Crippen LogP contribution is 2.39. The van der Waals surface area contributed by atoms with E-state index in [0.717, 1.165) is 24.8 Å².